The normalized spacial score (nSPS) is 12.9. The van der Waals surface area contributed by atoms with Crippen LogP contribution in [0.3, 0.4) is 0 Å². The van der Waals surface area contributed by atoms with E-state index in [1.165, 1.54) is 0 Å². The molecular weight excluding hydrogens is 357 g/mol. The number of nitrogens with one attached hydrogen (secondary N) is 1. The Labute approximate surface area is 132 Å². The van der Waals surface area contributed by atoms with Crippen molar-refractivity contribution in [3.63, 3.8) is 0 Å². The molecule has 1 aromatic heterocycles. The highest BCUT2D eigenvalue weighted by molar-refractivity contribution is 6.37. The van der Waals surface area contributed by atoms with Crippen LogP contribution < -0.4 is 10.1 Å². The van der Waals surface area contributed by atoms with Crippen LogP contribution in [0.4, 0.5) is 13.2 Å². The van der Waals surface area contributed by atoms with Crippen molar-refractivity contribution in [3.8, 4) is 5.75 Å². The quantitative estimate of drug-likeness (QED) is 0.642. The highest BCUT2D eigenvalue weighted by atomic mass is 35.5. The molecule has 5 nitrogen and oxygen atoms in total. The molecule has 0 aliphatic rings. The molecule has 118 valence electrons. The highest BCUT2D eigenvalue weighted by Crippen LogP contribution is 2.30. The van der Waals surface area contributed by atoms with E-state index in [4.69, 9.17) is 39.5 Å². The molecule has 0 saturated heterocycles. The van der Waals surface area contributed by atoms with Crippen LogP contribution in [-0.4, -0.2) is 34.7 Å². The maximum absolute atomic E-state index is 12.2. The first-order valence-electron chi connectivity index (χ1n) is 5.54. The van der Waals surface area contributed by atoms with Crippen molar-refractivity contribution in [2.24, 2.45) is 0 Å². The SMILES string of the molecule is CC[C@H](COc1c(Cl)nc(Cl)nc1Cl)NC(=O)C(F)(F)F. The summed E-state index contributed by atoms with van der Waals surface area (Å²) < 4.78 is 41.6. The number of carbonyl (C=O) groups is 1. The lowest BCUT2D eigenvalue weighted by Crippen LogP contribution is -2.45. The number of amides is 1. The van der Waals surface area contributed by atoms with Crippen LogP contribution >= 0.6 is 34.8 Å². The zero-order chi connectivity index (χ0) is 16.2. The molecule has 21 heavy (non-hydrogen) atoms. The monoisotopic (exact) mass is 365 g/mol. The van der Waals surface area contributed by atoms with Gasteiger partial charge in [-0.05, 0) is 18.0 Å². The van der Waals surface area contributed by atoms with E-state index in [9.17, 15) is 18.0 Å². The minimum atomic E-state index is -4.97. The smallest absolute Gasteiger partial charge is 0.471 e. The molecule has 0 fully saturated rings. The number of ether oxygens (including phenoxy) is 1. The molecule has 0 aliphatic heterocycles. The summed E-state index contributed by atoms with van der Waals surface area (Å²) in [5.41, 5.74) is 0. The lowest BCUT2D eigenvalue weighted by molar-refractivity contribution is -0.174. The maximum Gasteiger partial charge on any atom is 0.471 e. The Morgan fingerprint density at radius 2 is 1.81 bits per heavy atom. The zero-order valence-corrected chi connectivity index (χ0v) is 12.7. The summed E-state index contributed by atoms with van der Waals surface area (Å²) in [6.07, 6.45) is -4.77. The van der Waals surface area contributed by atoms with Crippen molar-refractivity contribution in [1.82, 2.24) is 15.3 Å². The Kier molecular flexibility index (Phi) is 6.30. The van der Waals surface area contributed by atoms with E-state index in [1.807, 2.05) is 0 Å². The molecule has 1 atom stereocenters. The summed E-state index contributed by atoms with van der Waals surface area (Å²) in [7, 11) is 0. The Morgan fingerprint density at radius 3 is 2.24 bits per heavy atom. The second-order valence-corrected chi connectivity index (χ2v) is 4.84. The van der Waals surface area contributed by atoms with Crippen LogP contribution in [-0.2, 0) is 4.79 Å². The third-order valence-electron chi connectivity index (χ3n) is 2.27. The summed E-state index contributed by atoms with van der Waals surface area (Å²) in [5.74, 6) is -2.18. The molecule has 0 spiro atoms. The first kappa shape index (κ1) is 18.1. The van der Waals surface area contributed by atoms with E-state index >= 15 is 0 Å². The van der Waals surface area contributed by atoms with Gasteiger partial charge in [-0.25, -0.2) is 9.97 Å². The molecule has 1 N–H and O–H groups in total. The Balaban J connectivity index is 2.70. The first-order chi connectivity index (χ1) is 9.65. The number of nitrogens with zero attached hydrogens (tertiary/aromatic N) is 2. The van der Waals surface area contributed by atoms with Crippen molar-refractivity contribution >= 4 is 40.7 Å². The van der Waals surface area contributed by atoms with Gasteiger partial charge in [0.15, 0.2) is 16.1 Å². The van der Waals surface area contributed by atoms with E-state index in [1.54, 1.807) is 12.2 Å². The fourth-order valence-corrected chi connectivity index (χ4v) is 1.96. The fraction of sp³-hybridized carbons (Fsp3) is 0.500. The maximum atomic E-state index is 12.2. The third kappa shape index (κ3) is 5.37. The summed E-state index contributed by atoms with van der Waals surface area (Å²) >= 11 is 17.0. The topological polar surface area (TPSA) is 64.1 Å². The van der Waals surface area contributed by atoms with Crippen LogP contribution in [0.1, 0.15) is 13.3 Å². The van der Waals surface area contributed by atoms with Crippen molar-refractivity contribution in [2.45, 2.75) is 25.6 Å². The van der Waals surface area contributed by atoms with Gasteiger partial charge in [0.05, 0.1) is 6.04 Å². The molecular formula is C10H9Cl3F3N3O2. The molecule has 0 saturated carbocycles. The minimum Gasteiger partial charge on any atom is -0.485 e. The average Bonchev–Trinajstić information content (AvgIpc) is 2.34. The van der Waals surface area contributed by atoms with Crippen LogP contribution in [0.15, 0.2) is 0 Å². The first-order valence-corrected chi connectivity index (χ1v) is 6.67. The number of hydrogen-bond donors (Lipinski definition) is 1. The van der Waals surface area contributed by atoms with Gasteiger partial charge in [-0.2, -0.15) is 13.2 Å². The number of aromatic nitrogens is 2. The Bertz CT molecular complexity index is 505. The second-order valence-electron chi connectivity index (χ2n) is 3.79. The van der Waals surface area contributed by atoms with Crippen molar-refractivity contribution in [1.29, 1.82) is 0 Å². The molecule has 1 amide bonds. The van der Waals surface area contributed by atoms with E-state index in [-0.39, 0.29) is 34.4 Å². The summed E-state index contributed by atoms with van der Waals surface area (Å²) in [5, 5.41) is 1.22. The standard InChI is InChI=1S/C10H9Cl3F3N3O2/c1-2-4(17-8(20)10(14,15)16)3-21-5-6(11)18-9(13)19-7(5)12/h4H,2-3H2,1H3,(H,17,20)/t4-/m1/s1. The van der Waals surface area contributed by atoms with E-state index in [0.717, 1.165) is 0 Å². The van der Waals surface area contributed by atoms with Crippen LogP contribution in [0.5, 0.6) is 5.75 Å². The number of halogens is 6. The Morgan fingerprint density at radius 1 is 1.29 bits per heavy atom. The number of hydrogen-bond acceptors (Lipinski definition) is 4. The predicted molar refractivity (Wildman–Crippen MR) is 70.8 cm³/mol. The minimum absolute atomic E-state index is 0.123. The highest BCUT2D eigenvalue weighted by Gasteiger charge is 2.39. The van der Waals surface area contributed by atoms with Crippen molar-refractivity contribution in [2.75, 3.05) is 6.61 Å². The molecule has 1 aromatic rings. The summed E-state index contributed by atoms with van der Waals surface area (Å²) in [6.45, 7) is 1.29. The van der Waals surface area contributed by atoms with Crippen molar-refractivity contribution in [3.05, 3.63) is 15.6 Å². The second kappa shape index (κ2) is 7.33. The van der Waals surface area contributed by atoms with Gasteiger partial charge in [-0.1, -0.05) is 30.1 Å². The summed E-state index contributed by atoms with van der Waals surface area (Å²) in [4.78, 5) is 18.0. The zero-order valence-electron chi connectivity index (χ0n) is 10.5. The van der Waals surface area contributed by atoms with Gasteiger partial charge in [-0.15, -0.1) is 0 Å². The van der Waals surface area contributed by atoms with E-state index in [0.29, 0.717) is 0 Å². The largest absolute Gasteiger partial charge is 0.485 e. The molecule has 0 bridgehead atoms. The van der Waals surface area contributed by atoms with Crippen molar-refractivity contribution < 1.29 is 22.7 Å². The fourth-order valence-electron chi connectivity index (χ4n) is 1.21. The van der Waals surface area contributed by atoms with Crippen LogP contribution in [0, 0.1) is 0 Å². The predicted octanol–water partition coefficient (Wildman–Crippen LogP) is 3.27. The molecule has 0 aliphatic carbocycles. The molecule has 0 radical (unpaired) electrons. The summed E-state index contributed by atoms with van der Waals surface area (Å²) in [6, 6.07) is -0.887. The Hall–Kier alpha value is -0.990. The van der Waals surface area contributed by atoms with Gasteiger partial charge >= 0.3 is 12.1 Å². The lowest BCUT2D eigenvalue weighted by atomic mass is 10.2. The molecule has 11 heteroatoms. The van der Waals surface area contributed by atoms with Gasteiger partial charge in [0.1, 0.15) is 6.61 Å². The lowest BCUT2D eigenvalue weighted by Gasteiger charge is -2.19. The average molecular weight is 367 g/mol. The van der Waals surface area contributed by atoms with E-state index in [2.05, 4.69) is 9.97 Å². The van der Waals surface area contributed by atoms with Crippen LogP contribution in [0.25, 0.3) is 0 Å². The molecule has 1 rings (SSSR count). The van der Waals surface area contributed by atoms with Gasteiger partial charge < -0.3 is 10.1 Å². The van der Waals surface area contributed by atoms with Gasteiger partial charge in [0.25, 0.3) is 0 Å². The number of rotatable bonds is 5. The van der Waals surface area contributed by atoms with Gasteiger partial charge in [0.2, 0.25) is 5.28 Å². The molecule has 0 aromatic carbocycles. The third-order valence-corrected chi connectivity index (χ3v) is 2.95. The van der Waals surface area contributed by atoms with Gasteiger partial charge in [0, 0.05) is 0 Å². The van der Waals surface area contributed by atoms with Gasteiger partial charge in [-0.3, -0.25) is 4.79 Å². The number of carbonyl (C=O) groups excluding carboxylic acids is 1. The number of alkyl halides is 3. The molecule has 1 heterocycles. The molecule has 0 unspecified atom stereocenters. The van der Waals surface area contributed by atoms with Crippen LogP contribution in [0.2, 0.25) is 15.6 Å². The van der Waals surface area contributed by atoms with E-state index < -0.39 is 18.1 Å².